The summed E-state index contributed by atoms with van der Waals surface area (Å²) in [6, 6.07) is 0. The monoisotopic (exact) mass is 150 g/mol. The SMILES string of the molecule is CC1Nc2nccnc2N1C. The summed E-state index contributed by atoms with van der Waals surface area (Å²) in [7, 11) is 2.00. The Morgan fingerprint density at radius 1 is 1.45 bits per heavy atom. The molecule has 0 fully saturated rings. The summed E-state index contributed by atoms with van der Waals surface area (Å²) >= 11 is 0. The van der Waals surface area contributed by atoms with Gasteiger partial charge in [0, 0.05) is 19.4 Å². The second kappa shape index (κ2) is 2.08. The molecule has 0 aromatic carbocycles. The van der Waals surface area contributed by atoms with Crippen molar-refractivity contribution < 1.29 is 0 Å². The zero-order chi connectivity index (χ0) is 7.84. The minimum absolute atomic E-state index is 0.299. The summed E-state index contributed by atoms with van der Waals surface area (Å²) in [4.78, 5) is 10.4. The largest absolute Gasteiger partial charge is 0.347 e. The van der Waals surface area contributed by atoms with Gasteiger partial charge < -0.3 is 10.2 Å². The fourth-order valence-electron chi connectivity index (χ4n) is 1.17. The molecule has 0 bridgehead atoms. The van der Waals surface area contributed by atoms with E-state index in [1.807, 2.05) is 7.05 Å². The molecule has 2 heterocycles. The molecule has 1 aromatic rings. The lowest BCUT2D eigenvalue weighted by atomic mass is 10.5. The Morgan fingerprint density at radius 3 is 2.91 bits per heavy atom. The molecule has 1 aliphatic rings. The topological polar surface area (TPSA) is 41.1 Å². The molecule has 0 aliphatic carbocycles. The molecule has 0 spiro atoms. The second-order valence-corrected chi connectivity index (χ2v) is 2.66. The second-order valence-electron chi connectivity index (χ2n) is 2.66. The summed E-state index contributed by atoms with van der Waals surface area (Å²) in [5.41, 5.74) is 0. The average molecular weight is 150 g/mol. The molecule has 11 heavy (non-hydrogen) atoms. The highest BCUT2D eigenvalue weighted by atomic mass is 15.4. The third kappa shape index (κ3) is 0.824. The van der Waals surface area contributed by atoms with Crippen LogP contribution in [0.1, 0.15) is 6.92 Å². The number of fused-ring (bicyclic) bond motifs is 1. The van der Waals surface area contributed by atoms with Gasteiger partial charge in [-0.2, -0.15) is 0 Å². The molecule has 0 saturated carbocycles. The highest BCUT2D eigenvalue weighted by molar-refractivity contribution is 5.66. The first kappa shape index (κ1) is 6.39. The number of hydrogen-bond donors (Lipinski definition) is 1. The van der Waals surface area contributed by atoms with Gasteiger partial charge in [0.25, 0.3) is 0 Å². The van der Waals surface area contributed by atoms with Gasteiger partial charge in [-0.1, -0.05) is 0 Å². The Bertz CT molecular complexity index is 273. The van der Waals surface area contributed by atoms with Crippen LogP contribution in [-0.4, -0.2) is 23.2 Å². The van der Waals surface area contributed by atoms with E-state index < -0.39 is 0 Å². The summed E-state index contributed by atoms with van der Waals surface area (Å²) < 4.78 is 0. The lowest BCUT2D eigenvalue weighted by molar-refractivity contribution is 0.797. The van der Waals surface area contributed by atoms with Crippen molar-refractivity contribution >= 4 is 11.6 Å². The zero-order valence-electron chi connectivity index (χ0n) is 6.57. The Hall–Kier alpha value is -1.32. The van der Waals surface area contributed by atoms with Gasteiger partial charge in [0.1, 0.15) is 0 Å². The highest BCUT2D eigenvalue weighted by Crippen LogP contribution is 2.27. The van der Waals surface area contributed by atoms with Crippen LogP contribution in [0.4, 0.5) is 11.6 Å². The van der Waals surface area contributed by atoms with Crippen molar-refractivity contribution in [3.8, 4) is 0 Å². The highest BCUT2D eigenvalue weighted by Gasteiger charge is 2.23. The number of rotatable bonds is 0. The molecule has 1 aliphatic heterocycles. The molecule has 0 amide bonds. The molecule has 0 saturated heterocycles. The standard InChI is InChI=1S/C7H10N4/c1-5-10-6-7(11(5)2)9-4-3-8-6/h3-5H,1-2H3,(H,8,10). The predicted molar refractivity (Wildman–Crippen MR) is 43.5 cm³/mol. The molecule has 4 nitrogen and oxygen atoms in total. The number of nitrogens with one attached hydrogen (secondary N) is 1. The minimum Gasteiger partial charge on any atom is -0.347 e. The quantitative estimate of drug-likeness (QED) is 0.590. The first-order valence-corrected chi connectivity index (χ1v) is 3.59. The Kier molecular flexibility index (Phi) is 1.21. The number of hydrogen-bond acceptors (Lipinski definition) is 4. The minimum atomic E-state index is 0.299. The zero-order valence-corrected chi connectivity index (χ0v) is 6.57. The summed E-state index contributed by atoms with van der Waals surface area (Å²) in [6.45, 7) is 2.07. The van der Waals surface area contributed by atoms with E-state index in [2.05, 4.69) is 27.1 Å². The van der Waals surface area contributed by atoms with Gasteiger partial charge in [0.05, 0.1) is 6.17 Å². The van der Waals surface area contributed by atoms with Gasteiger partial charge in [0.15, 0.2) is 11.6 Å². The number of nitrogens with zero attached hydrogens (tertiary/aromatic N) is 3. The molecule has 1 N–H and O–H groups in total. The van der Waals surface area contributed by atoms with E-state index in [-0.39, 0.29) is 0 Å². The van der Waals surface area contributed by atoms with Gasteiger partial charge in [-0.15, -0.1) is 0 Å². The maximum Gasteiger partial charge on any atom is 0.173 e. The van der Waals surface area contributed by atoms with Crippen molar-refractivity contribution in [2.45, 2.75) is 13.1 Å². The van der Waals surface area contributed by atoms with Crippen LogP contribution in [0.3, 0.4) is 0 Å². The Morgan fingerprint density at radius 2 is 2.18 bits per heavy atom. The van der Waals surface area contributed by atoms with Crippen LogP contribution in [-0.2, 0) is 0 Å². The van der Waals surface area contributed by atoms with Crippen molar-refractivity contribution in [2.24, 2.45) is 0 Å². The van der Waals surface area contributed by atoms with E-state index in [9.17, 15) is 0 Å². The average Bonchev–Trinajstić information content (AvgIpc) is 2.30. The molecule has 4 heteroatoms. The fraction of sp³-hybridized carbons (Fsp3) is 0.429. The maximum atomic E-state index is 4.19. The Labute approximate surface area is 65.3 Å². The van der Waals surface area contributed by atoms with E-state index in [0.29, 0.717) is 6.17 Å². The fourth-order valence-corrected chi connectivity index (χ4v) is 1.17. The molecule has 2 rings (SSSR count). The van der Waals surface area contributed by atoms with Gasteiger partial charge in [-0.3, -0.25) is 0 Å². The van der Waals surface area contributed by atoms with Crippen LogP contribution in [0, 0.1) is 0 Å². The van der Waals surface area contributed by atoms with E-state index >= 15 is 0 Å². The van der Waals surface area contributed by atoms with Gasteiger partial charge in [0.2, 0.25) is 0 Å². The molecule has 0 radical (unpaired) electrons. The van der Waals surface area contributed by atoms with E-state index in [1.54, 1.807) is 12.4 Å². The number of aromatic nitrogens is 2. The molecular formula is C7H10N4. The third-order valence-corrected chi connectivity index (χ3v) is 1.94. The lowest BCUT2D eigenvalue weighted by Crippen LogP contribution is -2.28. The first-order valence-electron chi connectivity index (χ1n) is 3.59. The van der Waals surface area contributed by atoms with Crippen LogP contribution in [0.5, 0.6) is 0 Å². The van der Waals surface area contributed by atoms with Crippen molar-refractivity contribution in [3.63, 3.8) is 0 Å². The molecule has 1 unspecified atom stereocenters. The van der Waals surface area contributed by atoms with Crippen molar-refractivity contribution in [1.29, 1.82) is 0 Å². The van der Waals surface area contributed by atoms with Crippen LogP contribution in [0.15, 0.2) is 12.4 Å². The Balaban J connectivity index is 2.47. The summed E-state index contributed by atoms with van der Waals surface area (Å²) in [6.07, 6.45) is 3.69. The molecule has 58 valence electrons. The van der Waals surface area contributed by atoms with Gasteiger partial charge in [-0.25, -0.2) is 9.97 Å². The summed E-state index contributed by atoms with van der Waals surface area (Å²) in [5, 5.41) is 3.20. The van der Waals surface area contributed by atoms with Crippen LogP contribution < -0.4 is 10.2 Å². The summed E-state index contributed by atoms with van der Waals surface area (Å²) in [5.74, 6) is 1.81. The maximum absolute atomic E-state index is 4.19. The van der Waals surface area contributed by atoms with E-state index in [4.69, 9.17) is 0 Å². The van der Waals surface area contributed by atoms with Gasteiger partial charge in [-0.05, 0) is 6.92 Å². The van der Waals surface area contributed by atoms with Crippen LogP contribution in [0.25, 0.3) is 0 Å². The van der Waals surface area contributed by atoms with Crippen molar-refractivity contribution in [3.05, 3.63) is 12.4 Å². The normalized spacial score (nSPS) is 21.3. The third-order valence-electron chi connectivity index (χ3n) is 1.94. The van der Waals surface area contributed by atoms with Crippen LogP contribution in [0.2, 0.25) is 0 Å². The molecule has 1 atom stereocenters. The van der Waals surface area contributed by atoms with Crippen molar-refractivity contribution in [1.82, 2.24) is 9.97 Å². The predicted octanol–water partition coefficient (Wildman–Crippen LogP) is 0.684. The van der Waals surface area contributed by atoms with Crippen molar-refractivity contribution in [2.75, 3.05) is 17.3 Å². The van der Waals surface area contributed by atoms with Crippen LogP contribution >= 0.6 is 0 Å². The van der Waals surface area contributed by atoms with Gasteiger partial charge >= 0.3 is 0 Å². The molecular weight excluding hydrogens is 140 g/mol. The first-order chi connectivity index (χ1) is 5.29. The molecule has 1 aromatic heterocycles. The van der Waals surface area contributed by atoms with E-state index in [1.165, 1.54) is 0 Å². The van der Waals surface area contributed by atoms with E-state index in [0.717, 1.165) is 11.6 Å². The lowest BCUT2D eigenvalue weighted by Gasteiger charge is -2.15. The number of anilines is 2. The smallest absolute Gasteiger partial charge is 0.173 e.